The van der Waals surface area contributed by atoms with Crippen LogP contribution in [0.3, 0.4) is 0 Å². The van der Waals surface area contributed by atoms with Crippen LogP contribution >= 0.6 is 12.2 Å². The third kappa shape index (κ3) is 4.04. The standard InChI is InChI=1S/C21H23N3O4S/c29-21(22-16-2-4-17-20(12-16)26-10-9-25-17)24-7-5-23(6-8-24)13-15-1-3-18-19(11-15)28-14-27-18/h1-4,11-12H,5-10,13-14H2,(H,22,29). The Labute approximate surface area is 175 Å². The van der Waals surface area contributed by atoms with E-state index in [4.69, 9.17) is 31.2 Å². The van der Waals surface area contributed by atoms with Gasteiger partial charge in [-0.05, 0) is 42.0 Å². The molecule has 29 heavy (non-hydrogen) atoms. The van der Waals surface area contributed by atoms with Crippen LogP contribution in [-0.2, 0) is 6.54 Å². The summed E-state index contributed by atoms with van der Waals surface area (Å²) in [6.07, 6.45) is 0. The maximum absolute atomic E-state index is 5.64. The second-order valence-electron chi connectivity index (χ2n) is 7.24. The Bertz CT molecular complexity index is 915. The normalized spacial score (nSPS) is 17.9. The van der Waals surface area contributed by atoms with Crippen molar-refractivity contribution in [3.63, 3.8) is 0 Å². The number of rotatable bonds is 3. The summed E-state index contributed by atoms with van der Waals surface area (Å²) in [6, 6.07) is 12.0. The van der Waals surface area contributed by atoms with Crippen LogP contribution in [0.4, 0.5) is 5.69 Å². The lowest BCUT2D eigenvalue weighted by Crippen LogP contribution is -2.49. The Morgan fingerprint density at radius 3 is 2.38 bits per heavy atom. The molecule has 2 aromatic carbocycles. The summed E-state index contributed by atoms with van der Waals surface area (Å²) >= 11 is 5.63. The minimum Gasteiger partial charge on any atom is -0.486 e. The lowest BCUT2D eigenvalue weighted by atomic mass is 10.1. The highest BCUT2D eigenvalue weighted by Gasteiger charge is 2.21. The molecule has 0 saturated carbocycles. The Morgan fingerprint density at radius 1 is 0.828 bits per heavy atom. The molecular formula is C21H23N3O4S. The van der Waals surface area contributed by atoms with Gasteiger partial charge in [0.05, 0.1) is 0 Å². The molecule has 1 saturated heterocycles. The van der Waals surface area contributed by atoms with E-state index in [9.17, 15) is 0 Å². The fourth-order valence-corrected chi connectivity index (χ4v) is 4.03. The lowest BCUT2D eigenvalue weighted by molar-refractivity contribution is 0.171. The number of anilines is 1. The largest absolute Gasteiger partial charge is 0.486 e. The van der Waals surface area contributed by atoms with Gasteiger partial charge in [-0.15, -0.1) is 0 Å². The van der Waals surface area contributed by atoms with Gasteiger partial charge in [0.1, 0.15) is 13.2 Å². The highest BCUT2D eigenvalue weighted by Crippen LogP contribution is 2.33. The molecule has 0 amide bonds. The molecule has 0 aromatic heterocycles. The minimum atomic E-state index is 0.311. The van der Waals surface area contributed by atoms with E-state index in [1.165, 1.54) is 5.56 Å². The van der Waals surface area contributed by atoms with Gasteiger partial charge in [-0.3, -0.25) is 4.90 Å². The van der Waals surface area contributed by atoms with Gasteiger partial charge in [-0.2, -0.15) is 0 Å². The first kappa shape index (κ1) is 18.3. The molecular weight excluding hydrogens is 390 g/mol. The van der Waals surface area contributed by atoms with Crippen LogP contribution in [0, 0.1) is 0 Å². The molecule has 0 radical (unpaired) electrons. The van der Waals surface area contributed by atoms with Gasteiger partial charge in [-0.25, -0.2) is 0 Å². The van der Waals surface area contributed by atoms with Crippen LogP contribution < -0.4 is 24.3 Å². The molecule has 8 heteroatoms. The summed E-state index contributed by atoms with van der Waals surface area (Å²) in [6.45, 7) is 6.07. The van der Waals surface area contributed by atoms with Crippen molar-refractivity contribution in [2.75, 3.05) is 51.5 Å². The molecule has 3 heterocycles. The number of benzene rings is 2. The SMILES string of the molecule is S=C(Nc1ccc2c(c1)OCCO2)N1CCN(Cc2ccc3c(c2)OCO3)CC1. The Morgan fingerprint density at radius 2 is 1.52 bits per heavy atom. The van der Waals surface area contributed by atoms with Crippen molar-refractivity contribution in [2.24, 2.45) is 0 Å². The highest BCUT2D eigenvalue weighted by molar-refractivity contribution is 7.80. The number of fused-ring (bicyclic) bond motifs is 2. The molecule has 0 atom stereocenters. The maximum Gasteiger partial charge on any atom is 0.231 e. The lowest BCUT2D eigenvalue weighted by Gasteiger charge is -2.36. The average Bonchev–Trinajstić information content (AvgIpc) is 3.22. The van der Waals surface area contributed by atoms with Crippen molar-refractivity contribution in [1.29, 1.82) is 0 Å². The number of hydrogen-bond donors (Lipinski definition) is 1. The number of hydrogen-bond acceptors (Lipinski definition) is 6. The smallest absolute Gasteiger partial charge is 0.231 e. The average molecular weight is 413 g/mol. The summed E-state index contributed by atoms with van der Waals surface area (Å²) in [5.74, 6) is 3.21. The van der Waals surface area contributed by atoms with Crippen molar-refractivity contribution < 1.29 is 18.9 Å². The van der Waals surface area contributed by atoms with Crippen LogP contribution in [-0.4, -0.2) is 61.1 Å². The Balaban J connectivity index is 1.14. The number of piperazine rings is 1. The second kappa shape index (κ2) is 7.96. The molecule has 0 unspecified atom stereocenters. The second-order valence-corrected chi connectivity index (χ2v) is 7.63. The van der Waals surface area contributed by atoms with Gasteiger partial charge in [-0.1, -0.05) is 6.07 Å². The first-order valence-corrected chi connectivity index (χ1v) is 10.2. The van der Waals surface area contributed by atoms with Gasteiger partial charge < -0.3 is 29.2 Å². The van der Waals surface area contributed by atoms with E-state index < -0.39 is 0 Å². The summed E-state index contributed by atoms with van der Waals surface area (Å²) in [5.41, 5.74) is 2.15. The fraction of sp³-hybridized carbons (Fsp3) is 0.381. The zero-order valence-electron chi connectivity index (χ0n) is 16.1. The Kier molecular flexibility index (Phi) is 5.03. The van der Waals surface area contributed by atoms with Crippen LogP contribution in [0.15, 0.2) is 36.4 Å². The van der Waals surface area contributed by atoms with E-state index in [1.807, 2.05) is 24.3 Å². The van der Waals surface area contributed by atoms with E-state index >= 15 is 0 Å². The number of thiocarbonyl (C=S) groups is 1. The van der Waals surface area contributed by atoms with Crippen molar-refractivity contribution in [3.05, 3.63) is 42.0 Å². The molecule has 0 aliphatic carbocycles. The third-order valence-electron chi connectivity index (χ3n) is 5.30. The molecule has 1 fully saturated rings. The zero-order chi connectivity index (χ0) is 19.6. The van der Waals surface area contributed by atoms with Gasteiger partial charge >= 0.3 is 0 Å². The molecule has 0 spiro atoms. The van der Waals surface area contributed by atoms with Crippen LogP contribution in [0.1, 0.15) is 5.56 Å². The van der Waals surface area contributed by atoms with Crippen LogP contribution in [0.25, 0.3) is 0 Å². The zero-order valence-corrected chi connectivity index (χ0v) is 16.9. The van der Waals surface area contributed by atoms with Gasteiger partial charge in [0.2, 0.25) is 6.79 Å². The van der Waals surface area contributed by atoms with E-state index in [0.29, 0.717) is 20.0 Å². The molecule has 1 N–H and O–H groups in total. The highest BCUT2D eigenvalue weighted by atomic mass is 32.1. The van der Waals surface area contributed by atoms with E-state index in [-0.39, 0.29) is 0 Å². The first-order valence-electron chi connectivity index (χ1n) is 9.81. The summed E-state index contributed by atoms with van der Waals surface area (Å²) < 4.78 is 22.1. The predicted molar refractivity (Wildman–Crippen MR) is 113 cm³/mol. The summed E-state index contributed by atoms with van der Waals surface area (Å²) in [4.78, 5) is 4.64. The van der Waals surface area contributed by atoms with Gasteiger partial charge in [0.25, 0.3) is 0 Å². The molecule has 7 nitrogen and oxygen atoms in total. The molecule has 152 valence electrons. The molecule has 3 aliphatic rings. The van der Waals surface area contributed by atoms with Gasteiger partial charge in [0.15, 0.2) is 28.1 Å². The number of nitrogens with zero attached hydrogens (tertiary/aromatic N) is 2. The first-order chi connectivity index (χ1) is 14.2. The number of ether oxygens (including phenoxy) is 4. The Hall–Kier alpha value is -2.71. The molecule has 2 aromatic rings. The molecule has 0 bridgehead atoms. The number of nitrogens with one attached hydrogen (secondary N) is 1. The fourth-order valence-electron chi connectivity index (χ4n) is 3.73. The summed E-state index contributed by atoms with van der Waals surface area (Å²) in [7, 11) is 0. The van der Waals surface area contributed by atoms with Crippen LogP contribution in [0.5, 0.6) is 23.0 Å². The monoisotopic (exact) mass is 413 g/mol. The quantitative estimate of drug-likeness (QED) is 0.771. The van der Waals surface area contributed by atoms with E-state index in [1.54, 1.807) is 0 Å². The summed E-state index contributed by atoms with van der Waals surface area (Å²) in [5, 5.41) is 4.07. The van der Waals surface area contributed by atoms with Crippen LogP contribution in [0.2, 0.25) is 0 Å². The minimum absolute atomic E-state index is 0.311. The topological polar surface area (TPSA) is 55.4 Å². The van der Waals surface area contributed by atoms with E-state index in [0.717, 1.165) is 66.5 Å². The van der Waals surface area contributed by atoms with Crippen molar-refractivity contribution in [3.8, 4) is 23.0 Å². The predicted octanol–water partition coefficient (Wildman–Crippen LogP) is 2.70. The van der Waals surface area contributed by atoms with E-state index in [2.05, 4.69) is 27.2 Å². The van der Waals surface area contributed by atoms with Crippen molar-refractivity contribution in [2.45, 2.75) is 6.54 Å². The van der Waals surface area contributed by atoms with Crippen molar-refractivity contribution in [1.82, 2.24) is 9.80 Å². The van der Waals surface area contributed by atoms with Crippen molar-refractivity contribution >= 4 is 23.0 Å². The van der Waals surface area contributed by atoms with Gasteiger partial charge in [0, 0.05) is 44.5 Å². The third-order valence-corrected chi connectivity index (χ3v) is 5.66. The maximum atomic E-state index is 5.64. The molecule has 3 aliphatic heterocycles. The molecule has 5 rings (SSSR count).